The molecule has 0 N–H and O–H groups in total. The van der Waals surface area contributed by atoms with E-state index >= 15 is 0 Å². The molecule has 3 nitrogen and oxygen atoms in total. The van der Waals surface area contributed by atoms with Crippen LogP contribution in [0.5, 0.6) is 5.75 Å². The number of hydrogen-bond donors (Lipinski definition) is 0. The summed E-state index contributed by atoms with van der Waals surface area (Å²) in [4.78, 5) is 12.0. The molecule has 1 aliphatic carbocycles. The van der Waals surface area contributed by atoms with Gasteiger partial charge in [-0.2, -0.15) is 0 Å². The predicted molar refractivity (Wildman–Crippen MR) is 70.0 cm³/mol. The van der Waals surface area contributed by atoms with Crippen LogP contribution in [0.2, 0.25) is 0 Å². The van der Waals surface area contributed by atoms with Gasteiger partial charge in [0.15, 0.2) is 5.78 Å². The fourth-order valence-electron chi connectivity index (χ4n) is 2.43. The first kappa shape index (κ1) is 14.0. The van der Waals surface area contributed by atoms with E-state index in [2.05, 4.69) is 0 Å². The molecule has 1 fully saturated rings. The fourth-order valence-corrected chi connectivity index (χ4v) is 2.43. The van der Waals surface area contributed by atoms with E-state index < -0.39 is 5.82 Å². The maximum atomic E-state index is 13.7. The van der Waals surface area contributed by atoms with Crippen LogP contribution in [0.1, 0.15) is 36.5 Å². The van der Waals surface area contributed by atoms with Gasteiger partial charge in [-0.25, -0.2) is 4.39 Å². The summed E-state index contributed by atoms with van der Waals surface area (Å²) >= 11 is 0. The van der Waals surface area contributed by atoms with E-state index in [1.165, 1.54) is 19.2 Å². The molecule has 4 heteroatoms. The topological polar surface area (TPSA) is 35.5 Å². The van der Waals surface area contributed by atoms with Gasteiger partial charge in [0.25, 0.3) is 0 Å². The zero-order chi connectivity index (χ0) is 13.8. The first-order valence-electron chi connectivity index (χ1n) is 6.62. The van der Waals surface area contributed by atoms with Gasteiger partial charge in [0.1, 0.15) is 11.6 Å². The maximum absolute atomic E-state index is 13.7. The molecule has 0 saturated heterocycles. The lowest BCUT2D eigenvalue weighted by molar-refractivity contribution is -0.0246. The third-order valence-electron chi connectivity index (χ3n) is 3.55. The predicted octanol–water partition coefficient (Wildman–Crippen LogP) is 3.22. The lowest BCUT2D eigenvalue weighted by Crippen LogP contribution is -2.32. The van der Waals surface area contributed by atoms with E-state index in [9.17, 15) is 9.18 Å². The normalized spacial score (nSPS) is 21.8. The number of hydrogen-bond acceptors (Lipinski definition) is 3. The highest BCUT2D eigenvalue weighted by Gasteiger charge is 2.31. The van der Waals surface area contributed by atoms with Gasteiger partial charge in [0.05, 0.1) is 18.8 Å². The maximum Gasteiger partial charge on any atom is 0.166 e. The number of halogens is 1. The Bertz CT molecular complexity index is 453. The van der Waals surface area contributed by atoms with Crippen molar-refractivity contribution in [2.75, 3.05) is 13.7 Å². The van der Waals surface area contributed by atoms with Gasteiger partial charge in [-0.05, 0) is 37.8 Å². The van der Waals surface area contributed by atoms with Crippen molar-refractivity contribution < 1.29 is 18.7 Å². The minimum Gasteiger partial charge on any atom is -0.497 e. The lowest BCUT2D eigenvalue weighted by Gasteiger charge is -2.34. The molecule has 0 atom stereocenters. The van der Waals surface area contributed by atoms with Crippen LogP contribution in [0.4, 0.5) is 4.39 Å². The average Bonchev–Trinajstić information content (AvgIpc) is 2.35. The van der Waals surface area contributed by atoms with Gasteiger partial charge >= 0.3 is 0 Å². The first-order chi connectivity index (χ1) is 9.13. The minimum absolute atomic E-state index is 0.139. The first-order valence-corrected chi connectivity index (χ1v) is 6.62. The van der Waals surface area contributed by atoms with Crippen molar-refractivity contribution in [3.8, 4) is 5.75 Å². The van der Waals surface area contributed by atoms with Crippen LogP contribution in [-0.4, -0.2) is 25.6 Å². The van der Waals surface area contributed by atoms with Gasteiger partial charge in [0, 0.05) is 19.1 Å². The standard InChI is InChI=1S/C15H19FO3/c1-3-19-12-6-10(7-12)8-15(17)13-5-4-11(18-2)9-14(13)16/h4-5,9-10,12H,3,6-8H2,1-2H3. The molecule has 0 radical (unpaired) electrons. The molecule has 0 spiro atoms. The Balaban J connectivity index is 1.90. The second-order valence-corrected chi connectivity index (χ2v) is 4.89. The molecule has 0 aromatic heterocycles. The van der Waals surface area contributed by atoms with Gasteiger partial charge < -0.3 is 9.47 Å². The van der Waals surface area contributed by atoms with Crippen molar-refractivity contribution in [2.45, 2.75) is 32.3 Å². The number of carbonyl (C=O) groups excluding carboxylic acids is 1. The molecule has 1 saturated carbocycles. The molecule has 104 valence electrons. The van der Waals surface area contributed by atoms with Crippen LogP contribution in [-0.2, 0) is 4.74 Å². The third-order valence-corrected chi connectivity index (χ3v) is 3.55. The summed E-state index contributed by atoms with van der Waals surface area (Å²) in [5.74, 6) is 0.102. The van der Waals surface area contributed by atoms with Gasteiger partial charge in [-0.3, -0.25) is 4.79 Å². The monoisotopic (exact) mass is 266 g/mol. The van der Waals surface area contributed by atoms with Crippen LogP contribution < -0.4 is 4.74 Å². The van der Waals surface area contributed by atoms with E-state index in [-0.39, 0.29) is 17.5 Å². The summed E-state index contributed by atoms with van der Waals surface area (Å²) in [6.07, 6.45) is 2.48. The zero-order valence-corrected chi connectivity index (χ0v) is 11.3. The number of rotatable bonds is 6. The SMILES string of the molecule is CCOC1CC(CC(=O)c2ccc(OC)cc2F)C1. The Morgan fingerprint density at radius 1 is 1.42 bits per heavy atom. The number of ketones is 1. The van der Waals surface area contributed by atoms with Crippen molar-refractivity contribution in [1.82, 2.24) is 0 Å². The van der Waals surface area contributed by atoms with E-state index in [1.807, 2.05) is 6.92 Å². The molecule has 2 rings (SSSR count). The summed E-state index contributed by atoms with van der Waals surface area (Å²) in [6, 6.07) is 4.35. The molecular weight excluding hydrogens is 247 g/mol. The van der Waals surface area contributed by atoms with Crippen molar-refractivity contribution >= 4 is 5.78 Å². The Hall–Kier alpha value is -1.42. The summed E-state index contributed by atoms with van der Waals surface area (Å²) in [5.41, 5.74) is 0.153. The number of methoxy groups -OCH3 is 1. The van der Waals surface area contributed by atoms with Gasteiger partial charge in [-0.15, -0.1) is 0 Å². The molecule has 0 bridgehead atoms. The fraction of sp³-hybridized carbons (Fsp3) is 0.533. The number of Topliss-reactive ketones (excluding diaryl/α,β-unsaturated/α-hetero) is 1. The van der Waals surface area contributed by atoms with Crippen molar-refractivity contribution in [1.29, 1.82) is 0 Å². The number of carbonyl (C=O) groups is 1. The van der Waals surface area contributed by atoms with Crippen molar-refractivity contribution in [3.63, 3.8) is 0 Å². The minimum atomic E-state index is -0.509. The third kappa shape index (κ3) is 3.32. The molecule has 1 aliphatic rings. The lowest BCUT2D eigenvalue weighted by atomic mass is 9.78. The van der Waals surface area contributed by atoms with Crippen LogP contribution in [0.3, 0.4) is 0 Å². The van der Waals surface area contributed by atoms with Crippen LogP contribution in [0, 0.1) is 11.7 Å². The zero-order valence-electron chi connectivity index (χ0n) is 11.3. The Labute approximate surface area is 112 Å². The van der Waals surface area contributed by atoms with E-state index in [4.69, 9.17) is 9.47 Å². The van der Waals surface area contributed by atoms with Crippen molar-refractivity contribution in [2.24, 2.45) is 5.92 Å². The molecule has 0 amide bonds. The van der Waals surface area contributed by atoms with E-state index in [0.29, 0.717) is 24.7 Å². The Kier molecular flexibility index (Phi) is 4.53. The molecular formula is C15H19FO3. The van der Waals surface area contributed by atoms with E-state index in [0.717, 1.165) is 12.8 Å². The Morgan fingerprint density at radius 3 is 2.74 bits per heavy atom. The molecule has 19 heavy (non-hydrogen) atoms. The summed E-state index contributed by atoms with van der Waals surface area (Å²) in [6.45, 7) is 2.67. The second-order valence-electron chi connectivity index (χ2n) is 4.89. The highest BCUT2D eigenvalue weighted by molar-refractivity contribution is 5.96. The summed E-state index contributed by atoms with van der Waals surface area (Å²) < 4.78 is 24.1. The van der Waals surface area contributed by atoms with Gasteiger partial charge in [0.2, 0.25) is 0 Å². The van der Waals surface area contributed by atoms with Gasteiger partial charge in [-0.1, -0.05) is 0 Å². The number of benzene rings is 1. The van der Waals surface area contributed by atoms with E-state index in [1.54, 1.807) is 6.07 Å². The van der Waals surface area contributed by atoms with Crippen LogP contribution in [0.15, 0.2) is 18.2 Å². The van der Waals surface area contributed by atoms with Crippen LogP contribution >= 0.6 is 0 Å². The molecule has 0 aliphatic heterocycles. The molecule has 1 aromatic rings. The summed E-state index contributed by atoms with van der Waals surface area (Å²) in [7, 11) is 1.47. The highest BCUT2D eigenvalue weighted by atomic mass is 19.1. The van der Waals surface area contributed by atoms with Crippen LogP contribution in [0.25, 0.3) is 0 Å². The summed E-state index contributed by atoms with van der Waals surface area (Å²) in [5, 5.41) is 0. The largest absolute Gasteiger partial charge is 0.497 e. The molecule has 0 unspecified atom stereocenters. The second kappa shape index (κ2) is 6.15. The molecule has 0 heterocycles. The smallest absolute Gasteiger partial charge is 0.166 e. The number of ether oxygens (including phenoxy) is 2. The quantitative estimate of drug-likeness (QED) is 0.742. The molecule has 1 aromatic carbocycles. The average molecular weight is 266 g/mol. The highest BCUT2D eigenvalue weighted by Crippen LogP contribution is 2.34. The van der Waals surface area contributed by atoms with Crippen molar-refractivity contribution in [3.05, 3.63) is 29.6 Å². The Morgan fingerprint density at radius 2 is 2.16 bits per heavy atom.